The van der Waals surface area contributed by atoms with Crippen LogP contribution in [0.5, 0.6) is 5.75 Å². The fraction of sp³-hybridized carbons (Fsp3) is 0.300. The predicted octanol–water partition coefficient (Wildman–Crippen LogP) is 2.08. The zero-order valence-electron chi connectivity index (χ0n) is 8.53. The highest BCUT2D eigenvalue weighted by atomic mass is 79.9. The van der Waals surface area contributed by atoms with Gasteiger partial charge in [0.05, 0.1) is 6.04 Å². The monoisotopic (exact) mass is 269 g/mol. The Morgan fingerprint density at radius 3 is 3.00 bits per heavy atom. The molecule has 0 saturated carbocycles. The van der Waals surface area contributed by atoms with Gasteiger partial charge in [0.1, 0.15) is 21.7 Å². The summed E-state index contributed by atoms with van der Waals surface area (Å²) in [6.07, 6.45) is 1.88. The number of imidazole rings is 1. The summed E-state index contributed by atoms with van der Waals surface area (Å²) >= 11 is 3.35. The van der Waals surface area contributed by atoms with E-state index in [0.717, 1.165) is 5.82 Å². The van der Waals surface area contributed by atoms with Crippen molar-refractivity contribution in [3.05, 3.63) is 28.8 Å². The molecule has 0 fully saturated rings. The molecule has 0 saturated heterocycles. The predicted molar refractivity (Wildman–Crippen MR) is 62.0 cm³/mol. The first-order valence-corrected chi connectivity index (χ1v) is 5.47. The molecule has 0 aliphatic heterocycles. The SMILES string of the molecule is CNC(C)c1nc(Br)c2c(O)cccn12. The number of aromatic nitrogens is 2. The standard InChI is InChI=1S/C10H12BrN3O/c1-6(12-2)10-13-9(11)8-7(15)4-3-5-14(8)10/h3-6,12,15H,1-2H3. The van der Waals surface area contributed by atoms with Crippen LogP contribution in [0.4, 0.5) is 0 Å². The fourth-order valence-corrected chi connectivity index (χ4v) is 2.11. The molecular formula is C10H12BrN3O. The molecule has 4 nitrogen and oxygen atoms in total. The summed E-state index contributed by atoms with van der Waals surface area (Å²) in [7, 11) is 1.88. The van der Waals surface area contributed by atoms with Gasteiger partial charge in [0.2, 0.25) is 0 Å². The van der Waals surface area contributed by atoms with Crippen molar-refractivity contribution in [3.8, 4) is 5.75 Å². The van der Waals surface area contributed by atoms with Crippen molar-refractivity contribution < 1.29 is 5.11 Å². The Balaban J connectivity index is 2.73. The van der Waals surface area contributed by atoms with E-state index in [0.29, 0.717) is 10.1 Å². The molecule has 2 heterocycles. The Morgan fingerprint density at radius 2 is 2.33 bits per heavy atom. The quantitative estimate of drug-likeness (QED) is 0.878. The number of rotatable bonds is 2. The normalized spacial score (nSPS) is 13.3. The summed E-state index contributed by atoms with van der Waals surface area (Å²) in [5.41, 5.74) is 0.703. The van der Waals surface area contributed by atoms with Crippen LogP contribution in [0.3, 0.4) is 0 Å². The van der Waals surface area contributed by atoms with Crippen molar-refractivity contribution in [3.63, 3.8) is 0 Å². The van der Waals surface area contributed by atoms with Crippen LogP contribution in [-0.4, -0.2) is 21.5 Å². The number of nitrogens with one attached hydrogen (secondary N) is 1. The molecule has 2 rings (SSSR count). The van der Waals surface area contributed by atoms with Gasteiger partial charge in [-0.1, -0.05) is 0 Å². The number of fused-ring (bicyclic) bond motifs is 1. The minimum absolute atomic E-state index is 0.130. The highest BCUT2D eigenvalue weighted by molar-refractivity contribution is 9.10. The van der Waals surface area contributed by atoms with E-state index < -0.39 is 0 Å². The second kappa shape index (κ2) is 3.83. The van der Waals surface area contributed by atoms with E-state index in [2.05, 4.69) is 26.2 Å². The molecule has 2 aromatic heterocycles. The maximum atomic E-state index is 9.71. The molecule has 80 valence electrons. The summed E-state index contributed by atoms with van der Waals surface area (Å²) in [6, 6.07) is 3.57. The molecule has 0 aromatic carbocycles. The molecule has 5 heteroatoms. The van der Waals surface area contributed by atoms with Crippen molar-refractivity contribution in [2.24, 2.45) is 0 Å². The van der Waals surface area contributed by atoms with Gasteiger partial charge in [-0.2, -0.15) is 0 Å². The van der Waals surface area contributed by atoms with E-state index >= 15 is 0 Å². The average Bonchev–Trinajstić information content (AvgIpc) is 2.56. The zero-order valence-corrected chi connectivity index (χ0v) is 10.1. The zero-order chi connectivity index (χ0) is 11.0. The number of pyridine rings is 1. The lowest BCUT2D eigenvalue weighted by Crippen LogP contribution is -2.15. The summed E-state index contributed by atoms with van der Waals surface area (Å²) in [4.78, 5) is 4.38. The van der Waals surface area contributed by atoms with Gasteiger partial charge in [0, 0.05) is 6.20 Å². The van der Waals surface area contributed by atoms with E-state index in [9.17, 15) is 5.11 Å². The van der Waals surface area contributed by atoms with Crippen molar-refractivity contribution in [1.82, 2.24) is 14.7 Å². The van der Waals surface area contributed by atoms with Crippen LogP contribution in [0.2, 0.25) is 0 Å². The summed E-state index contributed by atoms with van der Waals surface area (Å²) in [5.74, 6) is 1.10. The van der Waals surface area contributed by atoms with Crippen molar-refractivity contribution >= 4 is 21.4 Å². The van der Waals surface area contributed by atoms with Crippen LogP contribution in [0.1, 0.15) is 18.8 Å². The van der Waals surface area contributed by atoms with Crippen molar-refractivity contribution in [1.29, 1.82) is 0 Å². The van der Waals surface area contributed by atoms with Crippen LogP contribution in [0.15, 0.2) is 22.9 Å². The van der Waals surface area contributed by atoms with E-state index in [-0.39, 0.29) is 11.8 Å². The molecular weight excluding hydrogens is 258 g/mol. The van der Waals surface area contributed by atoms with Gasteiger partial charge in [0.25, 0.3) is 0 Å². The first kappa shape index (κ1) is 10.4. The molecule has 0 bridgehead atoms. The molecule has 2 N–H and O–H groups in total. The minimum atomic E-state index is 0.130. The van der Waals surface area contributed by atoms with Crippen LogP contribution in [-0.2, 0) is 0 Å². The Hall–Kier alpha value is -1.07. The topological polar surface area (TPSA) is 49.6 Å². The maximum Gasteiger partial charge on any atom is 0.142 e. The third kappa shape index (κ3) is 1.61. The molecule has 0 aliphatic carbocycles. The highest BCUT2D eigenvalue weighted by Crippen LogP contribution is 2.28. The van der Waals surface area contributed by atoms with Crippen LogP contribution >= 0.6 is 15.9 Å². The number of hydrogen-bond acceptors (Lipinski definition) is 3. The smallest absolute Gasteiger partial charge is 0.142 e. The maximum absolute atomic E-state index is 9.71. The molecule has 1 atom stereocenters. The molecule has 0 aliphatic rings. The number of hydrogen-bond donors (Lipinski definition) is 2. The van der Waals surface area contributed by atoms with Gasteiger partial charge in [-0.3, -0.25) is 4.40 Å². The van der Waals surface area contributed by atoms with Crippen LogP contribution in [0, 0.1) is 0 Å². The van der Waals surface area contributed by atoms with Crippen LogP contribution < -0.4 is 5.32 Å². The first-order valence-electron chi connectivity index (χ1n) is 4.68. The molecule has 0 amide bonds. The van der Waals surface area contributed by atoms with Gasteiger partial charge in [0.15, 0.2) is 0 Å². The van der Waals surface area contributed by atoms with Gasteiger partial charge in [-0.05, 0) is 42.0 Å². The number of halogens is 1. The Morgan fingerprint density at radius 1 is 1.60 bits per heavy atom. The van der Waals surface area contributed by atoms with E-state index in [1.165, 1.54) is 0 Å². The van der Waals surface area contributed by atoms with E-state index in [1.54, 1.807) is 12.1 Å². The Kier molecular flexibility index (Phi) is 2.67. The van der Waals surface area contributed by atoms with Crippen molar-refractivity contribution in [2.75, 3.05) is 7.05 Å². The van der Waals surface area contributed by atoms with Crippen molar-refractivity contribution in [2.45, 2.75) is 13.0 Å². The summed E-state index contributed by atoms with van der Waals surface area (Å²) in [6.45, 7) is 2.02. The summed E-state index contributed by atoms with van der Waals surface area (Å²) < 4.78 is 2.54. The molecule has 2 aromatic rings. The largest absolute Gasteiger partial charge is 0.506 e. The fourth-order valence-electron chi connectivity index (χ4n) is 1.54. The lowest BCUT2D eigenvalue weighted by atomic mass is 10.3. The second-order valence-electron chi connectivity index (χ2n) is 3.38. The minimum Gasteiger partial charge on any atom is -0.506 e. The van der Waals surface area contributed by atoms with Gasteiger partial charge in [-0.25, -0.2) is 4.98 Å². The molecule has 0 spiro atoms. The van der Waals surface area contributed by atoms with E-state index in [1.807, 2.05) is 24.6 Å². The van der Waals surface area contributed by atoms with Gasteiger partial charge >= 0.3 is 0 Å². The third-order valence-electron chi connectivity index (χ3n) is 2.45. The first-order chi connectivity index (χ1) is 7.15. The Labute approximate surface area is 96.1 Å². The number of aromatic hydroxyl groups is 1. The molecule has 1 unspecified atom stereocenters. The second-order valence-corrected chi connectivity index (χ2v) is 4.13. The molecule has 15 heavy (non-hydrogen) atoms. The van der Waals surface area contributed by atoms with Gasteiger partial charge in [-0.15, -0.1) is 0 Å². The third-order valence-corrected chi connectivity index (χ3v) is 3.00. The number of nitrogens with zero attached hydrogens (tertiary/aromatic N) is 2. The molecule has 0 radical (unpaired) electrons. The Bertz CT molecular complexity index is 495. The highest BCUT2D eigenvalue weighted by Gasteiger charge is 2.15. The van der Waals surface area contributed by atoms with Gasteiger partial charge < -0.3 is 10.4 Å². The lowest BCUT2D eigenvalue weighted by Gasteiger charge is -2.08. The lowest BCUT2D eigenvalue weighted by molar-refractivity contribution is 0.478. The summed E-state index contributed by atoms with van der Waals surface area (Å²) in [5, 5.41) is 12.8. The van der Waals surface area contributed by atoms with E-state index in [4.69, 9.17) is 0 Å². The van der Waals surface area contributed by atoms with Crippen LogP contribution in [0.25, 0.3) is 5.52 Å². The average molecular weight is 270 g/mol.